The lowest BCUT2D eigenvalue weighted by atomic mass is 10.1. The minimum absolute atomic E-state index is 0.0688. The molecule has 1 fully saturated rings. The SMILES string of the molecule is COc1cc(NC(=O)C(C)C2CC2)ccc1N. The Hall–Kier alpha value is -1.71. The molecule has 4 heteroatoms. The summed E-state index contributed by atoms with van der Waals surface area (Å²) >= 11 is 0. The third kappa shape index (κ3) is 2.70. The summed E-state index contributed by atoms with van der Waals surface area (Å²) in [5.41, 5.74) is 7.01. The third-order valence-electron chi connectivity index (χ3n) is 3.24. The van der Waals surface area contributed by atoms with Crippen LogP contribution in [0.5, 0.6) is 5.75 Å². The van der Waals surface area contributed by atoms with Crippen LogP contribution in [0.4, 0.5) is 11.4 Å². The Labute approximate surface area is 101 Å². The van der Waals surface area contributed by atoms with Crippen molar-refractivity contribution in [2.24, 2.45) is 11.8 Å². The van der Waals surface area contributed by atoms with E-state index < -0.39 is 0 Å². The number of carbonyl (C=O) groups is 1. The van der Waals surface area contributed by atoms with Crippen molar-refractivity contribution in [3.05, 3.63) is 18.2 Å². The van der Waals surface area contributed by atoms with Gasteiger partial charge >= 0.3 is 0 Å². The average molecular weight is 234 g/mol. The average Bonchev–Trinajstić information content (AvgIpc) is 3.14. The number of ether oxygens (including phenoxy) is 1. The molecule has 2 rings (SSSR count). The maximum absolute atomic E-state index is 11.9. The zero-order valence-corrected chi connectivity index (χ0v) is 10.2. The summed E-state index contributed by atoms with van der Waals surface area (Å²) in [6, 6.07) is 5.26. The number of nitrogens with two attached hydrogens (primary N) is 1. The molecule has 1 aromatic rings. The maximum atomic E-state index is 11.9. The van der Waals surface area contributed by atoms with Crippen molar-refractivity contribution < 1.29 is 9.53 Å². The van der Waals surface area contributed by atoms with E-state index in [9.17, 15) is 4.79 Å². The first-order valence-corrected chi connectivity index (χ1v) is 5.86. The number of rotatable bonds is 4. The fraction of sp³-hybridized carbons (Fsp3) is 0.462. The van der Waals surface area contributed by atoms with Crippen LogP contribution >= 0.6 is 0 Å². The number of hydrogen-bond acceptors (Lipinski definition) is 3. The lowest BCUT2D eigenvalue weighted by molar-refractivity contribution is -0.119. The van der Waals surface area contributed by atoms with Crippen molar-refractivity contribution in [3.8, 4) is 5.75 Å². The number of methoxy groups -OCH3 is 1. The summed E-state index contributed by atoms with van der Waals surface area (Å²) in [7, 11) is 1.56. The highest BCUT2D eigenvalue weighted by Crippen LogP contribution is 2.37. The zero-order valence-electron chi connectivity index (χ0n) is 10.2. The molecule has 0 bridgehead atoms. The van der Waals surface area contributed by atoms with E-state index in [0.717, 1.165) is 5.69 Å². The lowest BCUT2D eigenvalue weighted by Crippen LogP contribution is -2.21. The second-order valence-corrected chi connectivity index (χ2v) is 4.57. The van der Waals surface area contributed by atoms with Gasteiger partial charge in [-0.05, 0) is 30.9 Å². The van der Waals surface area contributed by atoms with Gasteiger partial charge < -0.3 is 15.8 Å². The molecule has 0 aliphatic heterocycles. The predicted molar refractivity (Wildman–Crippen MR) is 67.9 cm³/mol. The molecule has 17 heavy (non-hydrogen) atoms. The van der Waals surface area contributed by atoms with E-state index in [1.54, 1.807) is 25.3 Å². The monoisotopic (exact) mass is 234 g/mol. The first-order chi connectivity index (χ1) is 8.11. The largest absolute Gasteiger partial charge is 0.495 e. The second kappa shape index (κ2) is 4.65. The molecule has 1 saturated carbocycles. The molecule has 0 radical (unpaired) electrons. The third-order valence-corrected chi connectivity index (χ3v) is 3.24. The molecule has 0 saturated heterocycles. The first kappa shape index (κ1) is 11.8. The molecule has 0 heterocycles. The van der Waals surface area contributed by atoms with E-state index >= 15 is 0 Å². The standard InChI is InChI=1S/C13H18N2O2/c1-8(9-3-4-9)13(16)15-10-5-6-11(14)12(7-10)17-2/h5-9H,3-4,14H2,1-2H3,(H,15,16). The zero-order chi connectivity index (χ0) is 12.4. The van der Waals surface area contributed by atoms with Crippen molar-refractivity contribution in [3.63, 3.8) is 0 Å². The summed E-state index contributed by atoms with van der Waals surface area (Å²) in [5.74, 6) is 1.30. The first-order valence-electron chi connectivity index (χ1n) is 5.86. The number of hydrogen-bond donors (Lipinski definition) is 2. The Morgan fingerprint density at radius 1 is 1.53 bits per heavy atom. The molecule has 4 nitrogen and oxygen atoms in total. The normalized spacial score (nSPS) is 16.4. The smallest absolute Gasteiger partial charge is 0.227 e. The maximum Gasteiger partial charge on any atom is 0.227 e. The van der Waals surface area contributed by atoms with Crippen LogP contribution in [0.15, 0.2) is 18.2 Å². The van der Waals surface area contributed by atoms with Crippen LogP contribution in [0, 0.1) is 11.8 Å². The van der Waals surface area contributed by atoms with E-state index in [1.807, 2.05) is 6.92 Å². The summed E-state index contributed by atoms with van der Waals surface area (Å²) < 4.78 is 5.11. The Balaban J connectivity index is 2.04. The predicted octanol–water partition coefficient (Wildman–Crippen LogP) is 2.26. The van der Waals surface area contributed by atoms with Crippen LogP contribution in [0.3, 0.4) is 0 Å². The van der Waals surface area contributed by atoms with Gasteiger partial charge in [0.1, 0.15) is 5.75 Å². The van der Waals surface area contributed by atoms with Crippen LogP contribution in [0.2, 0.25) is 0 Å². The topological polar surface area (TPSA) is 64.3 Å². The summed E-state index contributed by atoms with van der Waals surface area (Å²) in [6.45, 7) is 1.97. The minimum Gasteiger partial charge on any atom is -0.495 e. The van der Waals surface area contributed by atoms with Gasteiger partial charge in [-0.3, -0.25) is 4.79 Å². The molecule has 1 aliphatic rings. The number of anilines is 2. The van der Waals surface area contributed by atoms with Gasteiger partial charge in [0.05, 0.1) is 12.8 Å². The van der Waals surface area contributed by atoms with Crippen LogP contribution < -0.4 is 15.8 Å². The molecule has 0 aromatic heterocycles. The molecule has 1 aliphatic carbocycles. The minimum atomic E-state index is 0.0688. The van der Waals surface area contributed by atoms with Crippen LogP contribution in [0.25, 0.3) is 0 Å². The molecule has 0 spiro atoms. The van der Waals surface area contributed by atoms with Crippen LogP contribution in [-0.4, -0.2) is 13.0 Å². The van der Waals surface area contributed by atoms with E-state index in [-0.39, 0.29) is 11.8 Å². The summed E-state index contributed by atoms with van der Waals surface area (Å²) in [6.07, 6.45) is 2.33. The van der Waals surface area contributed by atoms with Gasteiger partial charge in [-0.1, -0.05) is 6.92 Å². The summed E-state index contributed by atoms with van der Waals surface area (Å²) in [4.78, 5) is 11.9. The van der Waals surface area contributed by atoms with Crippen molar-refractivity contribution in [1.82, 2.24) is 0 Å². The molecule has 1 atom stereocenters. The lowest BCUT2D eigenvalue weighted by Gasteiger charge is -2.12. The van der Waals surface area contributed by atoms with E-state index in [4.69, 9.17) is 10.5 Å². The molecule has 1 amide bonds. The van der Waals surface area contributed by atoms with E-state index in [0.29, 0.717) is 17.4 Å². The number of amides is 1. The molecule has 92 valence electrons. The Bertz CT molecular complexity index is 427. The van der Waals surface area contributed by atoms with Gasteiger partial charge in [0.25, 0.3) is 0 Å². The van der Waals surface area contributed by atoms with Gasteiger partial charge in [0.15, 0.2) is 0 Å². The van der Waals surface area contributed by atoms with Crippen LogP contribution in [-0.2, 0) is 4.79 Å². The number of benzene rings is 1. The number of nitrogen functional groups attached to an aromatic ring is 1. The van der Waals surface area contributed by atoms with Gasteiger partial charge in [-0.2, -0.15) is 0 Å². The number of nitrogens with one attached hydrogen (secondary N) is 1. The van der Waals surface area contributed by atoms with E-state index in [1.165, 1.54) is 12.8 Å². The van der Waals surface area contributed by atoms with Crippen LogP contribution in [0.1, 0.15) is 19.8 Å². The molecular formula is C13H18N2O2. The Kier molecular flexibility index (Phi) is 3.22. The highest BCUT2D eigenvalue weighted by atomic mass is 16.5. The molecule has 1 unspecified atom stereocenters. The fourth-order valence-corrected chi connectivity index (χ4v) is 1.86. The molecule has 1 aromatic carbocycles. The Morgan fingerprint density at radius 2 is 2.24 bits per heavy atom. The van der Waals surface area contributed by atoms with Gasteiger partial charge in [0.2, 0.25) is 5.91 Å². The van der Waals surface area contributed by atoms with E-state index in [2.05, 4.69) is 5.32 Å². The quantitative estimate of drug-likeness (QED) is 0.785. The van der Waals surface area contributed by atoms with Gasteiger partial charge in [-0.25, -0.2) is 0 Å². The van der Waals surface area contributed by atoms with Crippen molar-refractivity contribution in [1.29, 1.82) is 0 Å². The van der Waals surface area contributed by atoms with Crippen molar-refractivity contribution in [2.45, 2.75) is 19.8 Å². The highest BCUT2D eigenvalue weighted by Gasteiger charge is 2.32. The number of carbonyl (C=O) groups excluding carboxylic acids is 1. The van der Waals surface area contributed by atoms with Crippen molar-refractivity contribution >= 4 is 17.3 Å². The van der Waals surface area contributed by atoms with Gasteiger partial charge in [-0.15, -0.1) is 0 Å². The van der Waals surface area contributed by atoms with Gasteiger partial charge in [0, 0.05) is 17.7 Å². The molecule has 3 N–H and O–H groups in total. The summed E-state index contributed by atoms with van der Waals surface area (Å²) in [5, 5.41) is 2.89. The second-order valence-electron chi connectivity index (χ2n) is 4.57. The highest BCUT2D eigenvalue weighted by molar-refractivity contribution is 5.93. The fourth-order valence-electron chi connectivity index (χ4n) is 1.86. The van der Waals surface area contributed by atoms with Crippen molar-refractivity contribution in [2.75, 3.05) is 18.2 Å². The molecular weight excluding hydrogens is 216 g/mol. The Morgan fingerprint density at radius 3 is 2.82 bits per heavy atom.